The van der Waals surface area contributed by atoms with Crippen molar-refractivity contribution in [2.24, 2.45) is 0 Å². The van der Waals surface area contributed by atoms with Crippen LogP contribution in [0.3, 0.4) is 0 Å². The average molecular weight is 519 g/mol. The number of rotatable bonds is 11. The van der Waals surface area contributed by atoms with Crippen molar-refractivity contribution in [1.29, 1.82) is 0 Å². The highest BCUT2D eigenvalue weighted by atomic mass is 16.5. The highest BCUT2D eigenvalue weighted by Crippen LogP contribution is 2.45. The van der Waals surface area contributed by atoms with Gasteiger partial charge in [-0.05, 0) is 55.3 Å². The molecule has 1 atom stereocenters. The van der Waals surface area contributed by atoms with Crippen LogP contribution >= 0.6 is 0 Å². The van der Waals surface area contributed by atoms with Crippen LogP contribution in [0, 0.1) is 0 Å². The molecular formula is C30H38N4O4. The Bertz CT molecular complexity index is 1250. The van der Waals surface area contributed by atoms with Crippen molar-refractivity contribution in [2.75, 3.05) is 38.8 Å². The summed E-state index contributed by atoms with van der Waals surface area (Å²) in [5.74, 6) is 1.16. The SMILES string of the molecule is CCCCNC(=O)N(CCCC)CC(=O)N1c2ccccc2-n2cccc2C1c1cc(OC)ccc1OC. The van der Waals surface area contributed by atoms with Gasteiger partial charge in [-0.1, -0.05) is 38.8 Å². The van der Waals surface area contributed by atoms with Crippen molar-refractivity contribution in [3.63, 3.8) is 0 Å². The van der Waals surface area contributed by atoms with E-state index in [1.165, 1.54) is 0 Å². The third-order valence-corrected chi connectivity index (χ3v) is 6.92. The summed E-state index contributed by atoms with van der Waals surface area (Å²) >= 11 is 0. The fraction of sp³-hybridized carbons (Fsp3) is 0.400. The van der Waals surface area contributed by atoms with Gasteiger partial charge in [-0.15, -0.1) is 0 Å². The molecule has 3 amide bonds. The smallest absolute Gasteiger partial charge is 0.317 e. The Labute approximate surface area is 225 Å². The van der Waals surface area contributed by atoms with Crippen molar-refractivity contribution in [1.82, 2.24) is 14.8 Å². The number of hydrogen-bond donors (Lipinski definition) is 1. The minimum atomic E-state index is -0.478. The number of ether oxygens (including phenoxy) is 2. The zero-order chi connectivity index (χ0) is 27.1. The van der Waals surface area contributed by atoms with Crippen LogP contribution in [-0.4, -0.2) is 55.3 Å². The van der Waals surface area contributed by atoms with Crippen LogP contribution in [0.5, 0.6) is 11.5 Å². The topological polar surface area (TPSA) is 76.0 Å². The van der Waals surface area contributed by atoms with E-state index in [2.05, 4.69) is 23.7 Å². The predicted molar refractivity (Wildman–Crippen MR) is 149 cm³/mol. The molecule has 1 aliphatic heterocycles. The van der Waals surface area contributed by atoms with Crippen LogP contribution in [0.25, 0.3) is 5.69 Å². The van der Waals surface area contributed by atoms with Crippen LogP contribution < -0.4 is 19.7 Å². The minimum absolute atomic E-state index is 0.0320. The van der Waals surface area contributed by atoms with E-state index in [1.807, 2.05) is 60.8 Å². The van der Waals surface area contributed by atoms with Crippen LogP contribution in [0.15, 0.2) is 60.8 Å². The number of anilines is 1. The number of aromatic nitrogens is 1. The third kappa shape index (κ3) is 5.49. The Hall–Kier alpha value is -3.94. The molecule has 202 valence electrons. The van der Waals surface area contributed by atoms with E-state index in [9.17, 15) is 9.59 Å². The predicted octanol–water partition coefficient (Wildman–Crippen LogP) is 5.54. The number of fused-ring (bicyclic) bond motifs is 3. The molecule has 0 saturated carbocycles. The largest absolute Gasteiger partial charge is 0.497 e. The molecule has 0 bridgehead atoms. The standard InChI is InChI=1S/C30H38N4O4/c1-5-7-17-31-30(36)32(18-8-6-2)21-28(35)34-25-13-10-9-12-24(25)33-19-11-14-26(33)29(34)23-20-22(37-3)15-16-27(23)38-4/h9-16,19-20,29H,5-8,17-18,21H2,1-4H3,(H,31,36). The molecule has 3 aromatic rings. The molecule has 1 aromatic heterocycles. The van der Waals surface area contributed by atoms with E-state index >= 15 is 0 Å². The molecule has 38 heavy (non-hydrogen) atoms. The number of amides is 3. The van der Waals surface area contributed by atoms with Gasteiger partial charge in [0.05, 0.1) is 31.3 Å². The first-order valence-electron chi connectivity index (χ1n) is 13.4. The monoisotopic (exact) mass is 518 g/mol. The van der Waals surface area contributed by atoms with Crippen LogP contribution in [0.1, 0.15) is 56.8 Å². The number of para-hydroxylation sites is 2. The van der Waals surface area contributed by atoms with Gasteiger partial charge >= 0.3 is 6.03 Å². The van der Waals surface area contributed by atoms with Crippen molar-refractivity contribution in [3.8, 4) is 17.2 Å². The number of urea groups is 1. The Morgan fingerprint density at radius 3 is 2.42 bits per heavy atom. The van der Waals surface area contributed by atoms with Gasteiger partial charge in [0.2, 0.25) is 5.91 Å². The number of nitrogens with one attached hydrogen (secondary N) is 1. The minimum Gasteiger partial charge on any atom is -0.497 e. The number of benzene rings is 2. The first-order chi connectivity index (χ1) is 18.5. The molecule has 2 heterocycles. The summed E-state index contributed by atoms with van der Waals surface area (Å²) in [5, 5.41) is 2.98. The van der Waals surface area contributed by atoms with Crippen molar-refractivity contribution >= 4 is 17.6 Å². The van der Waals surface area contributed by atoms with Gasteiger partial charge in [0.1, 0.15) is 24.1 Å². The summed E-state index contributed by atoms with van der Waals surface area (Å²) in [6, 6.07) is 16.8. The zero-order valence-corrected chi connectivity index (χ0v) is 22.8. The van der Waals surface area contributed by atoms with E-state index in [1.54, 1.807) is 24.0 Å². The summed E-state index contributed by atoms with van der Waals surface area (Å²) in [6.07, 6.45) is 5.64. The van der Waals surface area contributed by atoms with E-state index in [-0.39, 0.29) is 18.5 Å². The molecule has 1 unspecified atom stereocenters. The lowest BCUT2D eigenvalue weighted by atomic mass is 9.96. The van der Waals surface area contributed by atoms with Crippen molar-refractivity contribution in [3.05, 3.63) is 72.1 Å². The maximum Gasteiger partial charge on any atom is 0.317 e. The Morgan fingerprint density at radius 2 is 1.71 bits per heavy atom. The van der Waals surface area contributed by atoms with Crippen molar-refractivity contribution in [2.45, 2.75) is 45.6 Å². The molecule has 0 radical (unpaired) electrons. The maximum atomic E-state index is 14.3. The lowest BCUT2D eigenvalue weighted by molar-refractivity contribution is -0.119. The number of carbonyl (C=O) groups excluding carboxylic acids is 2. The first kappa shape index (κ1) is 27.1. The molecule has 1 N–H and O–H groups in total. The summed E-state index contributed by atoms with van der Waals surface area (Å²) in [7, 11) is 3.25. The highest BCUT2D eigenvalue weighted by molar-refractivity contribution is 6.00. The summed E-state index contributed by atoms with van der Waals surface area (Å²) in [4.78, 5) is 30.8. The summed E-state index contributed by atoms with van der Waals surface area (Å²) < 4.78 is 13.4. The Balaban J connectivity index is 1.78. The maximum absolute atomic E-state index is 14.3. The van der Waals surface area contributed by atoms with Crippen molar-refractivity contribution < 1.29 is 19.1 Å². The molecule has 0 aliphatic carbocycles. The Kier molecular flexibility index (Phi) is 8.94. The van der Waals surface area contributed by atoms with Gasteiger partial charge in [-0.3, -0.25) is 9.69 Å². The second-order valence-electron chi connectivity index (χ2n) is 9.43. The van der Waals surface area contributed by atoms with Crippen LogP contribution in [0.4, 0.5) is 10.5 Å². The number of methoxy groups -OCH3 is 2. The van der Waals surface area contributed by atoms with Crippen LogP contribution in [-0.2, 0) is 4.79 Å². The van der Waals surface area contributed by atoms with Gasteiger partial charge in [0.25, 0.3) is 0 Å². The van der Waals surface area contributed by atoms with Gasteiger partial charge in [0, 0.05) is 24.8 Å². The number of carbonyl (C=O) groups is 2. The number of hydrogen-bond acceptors (Lipinski definition) is 4. The average Bonchev–Trinajstić information content (AvgIpc) is 3.44. The molecular weight excluding hydrogens is 480 g/mol. The quantitative estimate of drug-likeness (QED) is 0.338. The lowest BCUT2D eigenvalue weighted by Gasteiger charge is -2.40. The van der Waals surface area contributed by atoms with Gasteiger partial charge < -0.3 is 24.3 Å². The number of unbranched alkanes of at least 4 members (excludes halogenated alkanes) is 2. The normalized spacial score (nSPS) is 13.9. The zero-order valence-electron chi connectivity index (χ0n) is 22.8. The first-order valence-corrected chi connectivity index (χ1v) is 13.4. The summed E-state index contributed by atoms with van der Waals surface area (Å²) in [6.45, 7) is 5.24. The van der Waals surface area contributed by atoms with Gasteiger partial charge in [-0.2, -0.15) is 0 Å². The van der Waals surface area contributed by atoms with E-state index in [0.717, 1.165) is 48.3 Å². The molecule has 0 fully saturated rings. The Morgan fingerprint density at radius 1 is 0.947 bits per heavy atom. The van der Waals surface area contributed by atoms with E-state index in [0.29, 0.717) is 24.6 Å². The fourth-order valence-electron chi connectivity index (χ4n) is 4.93. The number of nitrogens with zero attached hydrogens (tertiary/aromatic N) is 3. The van der Waals surface area contributed by atoms with E-state index in [4.69, 9.17) is 9.47 Å². The molecule has 0 saturated heterocycles. The fourth-order valence-corrected chi connectivity index (χ4v) is 4.93. The van der Waals surface area contributed by atoms with E-state index < -0.39 is 6.04 Å². The lowest BCUT2D eigenvalue weighted by Crippen LogP contribution is -2.49. The molecule has 0 spiro atoms. The molecule has 4 rings (SSSR count). The highest BCUT2D eigenvalue weighted by Gasteiger charge is 2.38. The third-order valence-electron chi connectivity index (χ3n) is 6.92. The molecule has 8 heteroatoms. The summed E-state index contributed by atoms with van der Waals surface area (Å²) in [5.41, 5.74) is 3.42. The second kappa shape index (κ2) is 12.5. The van der Waals surface area contributed by atoms with Gasteiger partial charge in [0.15, 0.2) is 0 Å². The molecule has 2 aromatic carbocycles. The van der Waals surface area contributed by atoms with Gasteiger partial charge in [-0.25, -0.2) is 4.79 Å². The second-order valence-corrected chi connectivity index (χ2v) is 9.43. The molecule has 8 nitrogen and oxygen atoms in total. The van der Waals surface area contributed by atoms with Crippen LogP contribution in [0.2, 0.25) is 0 Å². The molecule has 1 aliphatic rings.